The minimum absolute atomic E-state index is 0.623. The number of hydrogen-bond acceptors (Lipinski definition) is 1. The fourth-order valence-electron chi connectivity index (χ4n) is 2.22. The molecule has 0 aromatic heterocycles. The van der Waals surface area contributed by atoms with Crippen molar-refractivity contribution < 1.29 is 0 Å². The highest BCUT2D eigenvalue weighted by molar-refractivity contribution is 5.34. The standard InChI is InChI=1S/C13H19N/c1-2-3-10-14-13-9-8-11-6-4-5-7-12(11)13/h4-7,13-14H,2-3,8-10H2,1H3. The molecule has 0 amide bonds. The van der Waals surface area contributed by atoms with Gasteiger partial charge >= 0.3 is 0 Å². The molecular formula is C13H19N. The van der Waals surface area contributed by atoms with Gasteiger partial charge < -0.3 is 5.32 Å². The topological polar surface area (TPSA) is 12.0 Å². The molecule has 1 heteroatoms. The maximum atomic E-state index is 3.64. The van der Waals surface area contributed by atoms with E-state index in [1.54, 1.807) is 5.56 Å². The van der Waals surface area contributed by atoms with Crippen LogP contribution in [0.5, 0.6) is 0 Å². The maximum Gasteiger partial charge on any atom is 0.0326 e. The molecule has 1 aliphatic carbocycles. The van der Waals surface area contributed by atoms with Crippen LogP contribution in [0.1, 0.15) is 43.4 Å². The monoisotopic (exact) mass is 189 g/mol. The third-order valence-electron chi connectivity index (χ3n) is 3.05. The van der Waals surface area contributed by atoms with Gasteiger partial charge in [0.15, 0.2) is 0 Å². The zero-order valence-electron chi connectivity index (χ0n) is 8.92. The van der Waals surface area contributed by atoms with Gasteiger partial charge in [-0.2, -0.15) is 0 Å². The summed E-state index contributed by atoms with van der Waals surface area (Å²) in [5, 5.41) is 3.64. The van der Waals surface area contributed by atoms with Crippen LogP contribution in [0.2, 0.25) is 0 Å². The Morgan fingerprint density at radius 1 is 1.36 bits per heavy atom. The first-order valence-electron chi connectivity index (χ1n) is 5.73. The van der Waals surface area contributed by atoms with Gasteiger partial charge in [0.25, 0.3) is 0 Å². The summed E-state index contributed by atoms with van der Waals surface area (Å²) in [4.78, 5) is 0. The Balaban J connectivity index is 1.96. The first-order chi connectivity index (χ1) is 6.92. The van der Waals surface area contributed by atoms with Gasteiger partial charge in [0.2, 0.25) is 0 Å². The summed E-state index contributed by atoms with van der Waals surface area (Å²) >= 11 is 0. The van der Waals surface area contributed by atoms with Crippen LogP contribution in [-0.4, -0.2) is 6.54 Å². The van der Waals surface area contributed by atoms with Gasteiger partial charge in [-0.1, -0.05) is 37.6 Å². The Morgan fingerprint density at radius 2 is 2.21 bits per heavy atom. The molecule has 1 aliphatic rings. The van der Waals surface area contributed by atoms with Crippen LogP contribution in [-0.2, 0) is 6.42 Å². The van der Waals surface area contributed by atoms with E-state index in [2.05, 4.69) is 36.5 Å². The van der Waals surface area contributed by atoms with Crippen molar-refractivity contribution in [2.75, 3.05) is 6.54 Å². The lowest BCUT2D eigenvalue weighted by atomic mass is 10.1. The predicted molar refractivity (Wildman–Crippen MR) is 60.4 cm³/mol. The number of aryl methyl sites for hydroxylation is 1. The molecule has 0 saturated carbocycles. The summed E-state index contributed by atoms with van der Waals surface area (Å²) in [6.07, 6.45) is 5.10. The Bertz CT molecular complexity index is 293. The molecule has 0 bridgehead atoms. The van der Waals surface area contributed by atoms with Crippen LogP contribution < -0.4 is 5.32 Å². The summed E-state index contributed by atoms with van der Waals surface area (Å²) in [5.41, 5.74) is 3.07. The number of unbranched alkanes of at least 4 members (excludes halogenated alkanes) is 1. The molecule has 1 unspecified atom stereocenters. The Labute approximate surface area is 86.5 Å². The van der Waals surface area contributed by atoms with Gasteiger partial charge in [0, 0.05) is 6.04 Å². The highest BCUT2D eigenvalue weighted by atomic mass is 14.9. The minimum atomic E-state index is 0.623. The van der Waals surface area contributed by atoms with Gasteiger partial charge in [-0.15, -0.1) is 0 Å². The highest BCUT2D eigenvalue weighted by Gasteiger charge is 2.20. The number of hydrogen-bond donors (Lipinski definition) is 1. The van der Waals surface area contributed by atoms with E-state index in [0.717, 1.165) is 6.54 Å². The highest BCUT2D eigenvalue weighted by Crippen LogP contribution is 2.30. The zero-order chi connectivity index (χ0) is 9.80. The molecule has 1 aromatic carbocycles. The molecule has 0 fully saturated rings. The van der Waals surface area contributed by atoms with Crippen LogP contribution in [0.4, 0.5) is 0 Å². The predicted octanol–water partition coefficient (Wildman–Crippen LogP) is 3.06. The molecule has 76 valence electrons. The molecule has 0 spiro atoms. The molecule has 2 rings (SSSR count). The minimum Gasteiger partial charge on any atom is -0.310 e. The molecule has 1 aromatic rings. The summed E-state index contributed by atoms with van der Waals surface area (Å²) in [6, 6.07) is 9.45. The van der Waals surface area contributed by atoms with E-state index in [9.17, 15) is 0 Å². The van der Waals surface area contributed by atoms with Crippen LogP contribution in [0.15, 0.2) is 24.3 Å². The van der Waals surface area contributed by atoms with Crippen molar-refractivity contribution in [1.29, 1.82) is 0 Å². The Kier molecular flexibility index (Phi) is 3.20. The maximum absolute atomic E-state index is 3.64. The average Bonchev–Trinajstić information content (AvgIpc) is 2.63. The van der Waals surface area contributed by atoms with Crippen LogP contribution in [0.3, 0.4) is 0 Å². The van der Waals surface area contributed by atoms with E-state index in [0.29, 0.717) is 6.04 Å². The van der Waals surface area contributed by atoms with E-state index in [-0.39, 0.29) is 0 Å². The number of rotatable bonds is 4. The van der Waals surface area contributed by atoms with Crippen LogP contribution >= 0.6 is 0 Å². The Hall–Kier alpha value is -0.820. The molecule has 0 heterocycles. The molecule has 0 saturated heterocycles. The molecule has 1 atom stereocenters. The van der Waals surface area contributed by atoms with E-state index in [4.69, 9.17) is 0 Å². The lowest BCUT2D eigenvalue weighted by molar-refractivity contribution is 0.518. The largest absolute Gasteiger partial charge is 0.310 e. The van der Waals surface area contributed by atoms with E-state index in [1.165, 1.54) is 31.2 Å². The summed E-state index contributed by atoms with van der Waals surface area (Å²) in [5.74, 6) is 0. The van der Waals surface area contributed by atoms with Crippen LogP contribution in [0, 0.1) is 0 Å². The van der Waals surface area contributed by atoms with E-state index < -0.39 is 0 Å². The summed E-state index contributed by atoms with van der Waals surface area (Å²) in [6.45, 7) is 3.40. The van der Waals surface area contributed by atoms with Gasteiger partial charge in [-0.25, -0.2) is 0 Å². The van der Waals surface area contributed by atoms with Gasteiger partial charge in [0.1, 0.15) is 0 Å². The fourth-order valence-corrected chi connectivity index (χ4v) is 2.22. The lowest BCUT2D eigenvalue weighted by Crippen LogP contribution is -2.20. The molecule has 0 aliphatic heterocycles. The Morgan fingerprint density at radius 3 is 3.07 bits per heavy atom. The first-order valence-corrected chi connectivity index (χ1v) is 5.73. The zero-order valence-corrected chi connectivity index (χ0v) is 8.92. The molecule has 14 heavy (non-hydrogen) atoms. The average molecular weight is 189 g/mol. The quantitative estimate of drug-likeness (QED) is 0.718. The van der Waals surface area contributed by atoms with Crippen molar-refractivity contribution >= 4 is 0 Å². The lowest BCUT2D eigenvalue weighted by Gasteiger charge is -2.13. The molecule has 0 radical (unpaired) electrons. The first kappa shape index (κ1) is 9.72. The van der Waals surface area contributed by atoms with Crippen molar-refractivity contribution in [1.82, 2.24) is 5.32 Å². The number of nitrogens with one attached hydrogen (secondary N) is 1. The third-order valence-corrected chi connectivity index (χ3v) is 3.05. The van der Waals surface area contributed by atoms with E-state index >= 15 is 0 Å². The third kappa shape index (κ3) is 1.98. The second-order valence-electron chi connectivity index (χ2n) is 4.10. The molecule has 1 N–H and O–H groups in total. The van der Waals surface area contributed by atoms with Crippen molar-refractivity contribution in [2.24, 2.45) is 0 Å². The summed E-state index contributed by atoms with van der Waals surface area (Å²) in [7, 11) is 0. The molecule has 1 nitrogen and oxygen atoms in total. The van der Waals surface area contributed by atoms with Gasteiger partial charge in [-0.3, -0.25) is 0 Å². The van der Waals surface area contributed by atoms with Gasteiger partial charge in [0.05, 0.1) is 0 Å². The van der Waals surface area contributed by atoms with Crippen molar-refractivity contribution in [2.45, 2.75) is 38.6 Å². The van der Waals surface area contributed by atoms with Crippen molar-refractivity contribution in [3.63, 3.8) is 0 Å². The smallest absolute Gasteiger partial charge is 0.0326 e. The van der Waals surface area contributed by atoms with Crippen molar-refractivity contribution in [3.8, 4) is 0 Å². The molecular weight excluding hydrogens is 170 g/mol. The second kappa shape index (κ2) is 4.61. The number of benzene rings is 1. The number of fused-ring (bicyclic) bond motifs is 1. The summed E-state index contributed by atoms with van der Waals surface area (Å²) < 4.78 is 0. The van der Waals surface area contributed by atoms with Crippen LogP contribution in [0.25, 0.3) is 0 Å². The second-order valence-corrected chi connectivity index (χ2v) is 4.10. The van der Waals surface area contributed by atoms with Gasteiger partial charge in [-0.05, 0) is 36.9 Å². The SMILES string of the molecule is CCCCNC1CCc2ccccc21. The normalized spacial score (nSPS) is 19.6. The van der Waals surface area contributed by atoms with E-state index in [1.807, 2.05) is 0 Å². The fraction of sp³-hybridized carbons (Fsp3) is 0.538. The van der Waals surface area contributed by atoms with Crippen molar-refractivity contribution in [3.05, 3.63) is 35.4 Å².